The minimum absolute atomic E-state index is 0.165. The summed E-state index contributed by atoms with van der Waals surface area (Å²) in [4.78, 5) is 25.8. The number of aliphatic carboxylic acids is 1. The maximum absolute atomic E-state index is 13.6. The Balaban J connectivity index is 2.93. The van der Waals surface area contributed by atoms with E-state index < -0.39 is 24.2 Å². The number of hydrogen-bond donors (Lipinski definition) is 2. The molecule has 0 aromatic heterocycles. The molecule has 0 bridgehead atoms. The van der Waals surface area contributed by atoms with Crippen LogP contribution in [0.15, 0.2) is 18.2 Å². The van der Waals surface area contributed by atoms with Crippen LogP contribution in [0.3, 0.4) is 0 Å². The van der Waals surface area contributed by atoms with Gasteiger partial charge in [-0.05, 0) is 26.2 Å². The van der Waals surface area contributed by atoms with Gasteiger partial charge in [0.25, 0.3) is 5.91 Å². The number of aromatic hydroxyl groups is 1. The van der Waals surface area contributed by atoms with Crippen LogP contribution in [0.2, 0.25) is 0 Å². The first-order valence-corrected chi connectivity index (χ1v) is 5.95. The topological polar surface area (TPSA) is 81.1 Å². The van der Waals surface area contributed by atoms with Crippen molar-refractivity contribution in [1.29, 1.82) is 0 Å². The fourth-order valence-corrected chi connectivity index (χ4v) is 1.58. The minimum atomic E-state index is -1.17. The summed E-state index contributed by atoms with van der Waals surface area (Å²) < 4.78 is 13.6. The molecule has 7 heteroatoms. The molecule has 0 aliphatic carbocycles. The number of rotatable bonds is 6. The maximum atomic E-state index is 13.6. The first-order valence-electron chi connectivity index (χ1n) is 5.95. The molecule has 20 heavy (non-hydrogen) atoms. The van der Waals surface area contributed by atoms with Crippen molar-refractivity contribution in [3.8, 4) is 5.75 Å². The molecule has 6 nitrogen and oxygen atoms in total. The molecule has 0 aliphatic heterocycles. The normalized spacial score (nSPS) is 10.6. The molecule has 0 saturated carbocycles. The molecule has 0 spiro atoms. The summed E-state index contributed by atoms with van der Waals surface area (Å²) in [5.74, 6) is -3.06. The zero-order valence-corrected chi connectivity index (χ0v) is 11.3. The zero-order valence-electron chi connectivity index (χ0n) is 11.3. The van der Waals surface area contributed by atoms with Crippen LogP contribution in [0.5, 0.6) is 5.75 Å². The second kappa shape index (κ2) is 6.85. The number of phenolic OH excluding ortho intramolecular Hbond substituents is 1. The second-order valence-electron chi connectivity index (χ2n) is 4.59. The standard InChI is InChI=1S/C13H17FN2O4/c1-15(2)5-6-16(8-12(18)19)13(20)10-4-3-9(17)7-11(10)14/h3-4,7,17H,5-6,8H2,1-2H3,(H,18,19). The first-order chi connectivity index (χ1) is 9.31. The van der Waals surface area contributed by atoms with E-state index >= 15 is 0 Å². The number of carbonyl (C=O) groups is 2. The highest BCUT2D eigenvalue weighted by Crippen LogP contribution is 2.16. The Bertz CT molecular complexity index is 505. The molecule has 0 unspecified atom stereocenters. The Morgan fingerprint density at radius 3 is 2.40 bits per heavy atom. The molecule has 1 aromatic rings. The van der Waals surface area contributed by atoms with E-state index in [2.05, 4.69) is 0 Å². The summed E-state index contributed by atoms with van der Waals surface area (Å²) in [5, 5.41) is 17.9. The number of nitrogens with zero attached hydrogens (tertiary/aromatic N) is 2. The van der Waals surface area contributed by atoms with E-state index in [1.807, 2.05) is 0 Å². The number of carboxylic acids is 1. The molecule has 1 amide bonds. The van der Waals surface area contributed by atoms with Crippen molar-refractivity contribution in [3.63, 3.8) is 0 Å². The predicted octanol–water partition coefficient (Wildman–Crippen LogP) is 0.620. The van der Waals surface area contributed by atoms with Crippen LogP contribution in [0.25, 0.3) is 0 Å². The van der Waals surface area contributed by atoms with Gasteiger partial charge in [-0.3, -0.25) is 9.59 Å². The van der Waals surface area contributed by atoms with Crippen LogP contribution >= 0.6 is 0 Å². The van der Waals surface area contributed by atoms with Gasteiger partial charge in [-0.2, -0.15) is 0 Å². The highest BCUT2D eigenvalue weighted by molar-refractivity contribution is 5.96. The molecule has 110 valence electrons. The van der Waals surface area contributed by atoms with Gasteiger partial charge in [0.1, 0.15) is 18.1 Å². The van der Waals surface area contributed by atoms with Gasteiger partial charge in [0.15, 0.2) is 0 Å². The lowest BCUT2D eigenvalue weighted by Crippen LogP contribution is -2.40. The molecule has 0 aliphatic rings. The molecule has 0 heterocycles. The average Bonchev–Trinajstić information content (AvgIpc) is 2.33. The van der Waals surface area contributed by atoms with Crippen molar-refractivity contribution < 1.29 is 24.2 Å². The van der Waals surface area contributed by atoms with Crippen LogP contribution in [0.1, 0.15) is 10.4 Å². The summed E-state index contributed by atoms with van der Waals surface area (Å²) in [6, 6.07) is 3.14. The molecule has 0 radical (unpaired) electrons. The second-order valence-corrected chi connectivity index (χ2v) is 4.59. The summed E-state index contributed by atoms with van der Waals surface area (Å²) in [6.07, 6.45) is 0. The summed E-state index contributed by atoms with van der Waals surface area (Å²) >= 11 is 0. The van der Waals surface area contributed by atoms with Gasteiger partial charge < -0.3 is 20.0 Å². The highest BCUT2D eigenvalue weighted by atomic mass is 19.1. The Hall–Kier alpha value is -2.15. The van der Waals surface area contributed by atoms with Crippen molar-refractivity contribution in [2.24, 2.45) is 0 Å². The van der Waals surface area contributed by atoms with E-state index in [-0.39, 0.29) is 17.9 Å². The molecular formula is C13H17FN2O4. The number of benzene rings is 1. The van der Waals surface area contributed by atoms with E-state index in [0.717, 1.165) is 17.0 Å². The Morgan fingerprint density at radius 2 is 1.90 bits per heavy atom. The number of hydrogen-bond acceptors (Lipinski definition) is 4. The van der Waals surface area contributed by atoms with Crippen molar-refractivity contribution >= 4 is 11.9 Å². The van der Waals surface area contributed by atoms with E-state index in [1.54, 1.807) is 19.0 Å². The molecule has 0 atom stereocenters. The number of carboxylic acid groups (broad SMARTS) is 1. The molecule has 1 aromatic carbocycles. The Kier molecular flexibility index (Phi) is 5.45. The van der Waals surface area contributed by atoms with Gasteiger partial charge in [-0.1, -0.05) is 0 Å². The summed E-state index contributed by atoms with van der Waals surface area (Å²) in [6.45, 7) is 0.115. The van der Waals surface area contributed by atoms with E-state index in [1.165, 1.54) is 6.07 Å². The lowest BCUT2D eigenvalue weighted by molar-refractivity contribution is -0.137. The van der Waals surface area contributed by atoms with Crippen LogP contribution in [0.4, 0.5) is 4.39 Å². The summed E-state index contributed by atoms with van der Waals surface area (Å²) in [5.41, 5.74) is -0.261. The third-order valence-corrected chi connectivity index (χ3v) is 2.61. The molecule has 2 N–H and O–H groups in total. The highest BCUT2D eigenvalue weighted by Gasteiger charge is 2.21. The van der Waals surface area contributed by atoms with Crippen molar-refractivity contribution in [2.45, 2.75) is 0 Å². The fourth-order valence-electron chi connectivity index (χ4n) is 1.58. The van der Waals surface area contributed by atoms with Gasteiger partial charge in [0, 0.05) is 19.2 Å². The van der Waals surface area contributed by atoms with Crippen molar-refractivity contribution in [3.05, 3.63) is 29.6 Å². The quantitative estimate of drug-likeness (QED) is 0.800. The predicted molar refractivity (Wildman–Crippen MR) is 70.2 cm³/mol. The van der Waals surface area contributed by atoms with E-state index in [4.69, 9.17) is 10.2 Å². The third-order valence-electron chi connectivity index (χ3n) is 2.61. The van der Waals surface area contributed by atoms with E-state index in [0.29, 0.717) is 6.54 Å². The number of phenols is 1. The van der Waals surface area contributed by atoms with Crippen molar-refractivity contribution in [1.82, 2.24) is 9.80 Å². The molecule has 1 rings (SSSR count). The van der Waals surface area contributed by atoms with Gasteiger partial charge in [0.05, 0.1) is 5.56 Å². The largest absolute Gasteiger partial charge is 0.508 e. The first kappa shape index (κ1) is 15.9. The number of carbonyl (C=O) groups excluding carboxylic acids is 1. The van der Waals surface area contributed by atoms with Gasteiger partial charge >= 0.3 is 5.97 Å². The zero-order chi connectivity index (χ0) is 15.3. The lowest BCUT2D eigenvalue weighted by atomic mass is 10.1. The van der Waals surface area contributed by atoms with E-state index in [9.17, 15) is 14.0 Å². The van der Waals surface area contributed by atoms with Gasteiger partial charge in [-0.25, -0.2) is 4.39 Å². The Morgan fingerprint density at radius 1 is 1.25 bits per heavy atom. The van der Waals surface area contributed by atoms with Crippen LogP contribution in [-0.4, -0.2) is 65.6 Å². The van der Waals surface area contributed by atoms with Crippen LogP contribution in [0, 0.1) is 5.82 Å². The fraction of sp³-hybridized carbons (Fsp3) is 0.385. The molecule has 0 saturated heterocycles. The summed E-state index contributed by atoms with van der Waals surface area (Å²) in [7, 11) is 3.56. The Labute approximate surface area is 116 Å². The lowest BCUT2D eigenvalue weighted by Gasteiger charge is -2.23. The number of amides is 1. The number of likely N-dealkylation sites (N-methyl/N-ethyl adjacent to an activating group) is 1. The molecular weight excluding hydrogens is 267 g/mol. The smallest absolute Gasteiger partial charge is 0.323 e. The maximum Gasteiger partial charge on any atom is 0.323 e. The number of halogens is 1. The van der Waals surface area contributed by atoms with Crippen LogP contribution < -0.4 is 0 Å². The minimum Gasteiger partial charge on any atom is -0.508 e. The third kappa shape index (κ3) is 4.51. The SMILES string of the molecule is CN(C)CCN(CC(=O)O)C(=O)c1ccc(O)cc1F. The van der Waals surface area contributed by atoms with Crippen LogP contribution in [-0.2, 0) is 4.79 Å². The molecule has 0 fully saturated rings. The van der Waals surface area contributed by atoms with Crippen molar-refractivity contribution in [2.75, 3.05) is 33.7 Å². The monoisotopic (exact) mass is 284 g/mol. The van der Waals surface area contributed by atoms with Gasteiger partial charge in [0.2, 0.25) is 0 Å². The average molecular weight is 284 g/mol. The van der Waals surface area contributed by atoms with Gasteiger partial charge in [-0.15, -0.1) is 0 Å².